The number of amides is 1. The Hall–Kier alpha value is -1.21. The largest absolute Gasteiger partial charge is 0.486 e. The summed E-state index contributed by atoms with van der Waals surface area (Å²) >= 11 is 6.26. The molecule has 146 valence electrons. The first-order valence-corrected chi connectivity index (χ1v) is 9.08. The highest BCUT2D eigenvalue weighted by atomic mass is 35.5. The first-order valence-electron chi connectivity index (χ1n) is 8.71. The van der Waals surface area contributed by atoms with Crippen LogP contribution in [0.3, 0.4) is 0 Å². The molecule has 1 saturated heterocycles. The first-order chi connectivity index (χ1) is 12.1. The molecule has 0 unspecified atom stereocenters. The van der Waals surface area contributed by atoms with E-state index in [1.807, 2.05) is 12.1 Å². The second kappa shape index (κ2) is 9.65. The lowest BCUT2D eigenvalue weighted by Gasteiger charge is -2.35. The van der Waals surface area contributed by atoms with E-state index in [4.69, 9.17) is 25.8 Å². The summed E-state index contributed by atoms with van der Waals surface area (Å²) in [4.78, 5) is 12.7. The van der Waals surface area contributed by atoms with E-state index in [-0.39, 0.29) is 18.3 Å². The summed E-state index contributed by atoms with van der Waals surface area (Å²) < 4.78 is 16.4. The second-order valence-corrected chi connectivity index (χ2v) is 6.98. The molecule has 1 amide bonds. The van der Waals surface area contributed by atoms with E-state index in [2.05, 4.69) is 10.6 Å². The Labute approximate surface area is 165 Å². The zero-order valence-electron chi connectivity index (χ0n) is 14.9. The smallest absolute Gasteiger partial charge is 0.228 e. The fourth-order valence-electron chi connectivity index (χ4n) is 3.44. The van der Waals surface area contributed by atoms with Crippen LogP contribution >= 0.6 is 24.0 Å². The monoisotopic (exact) mass is 404 g/mol. The Bertz CT molecular complexity index is 616. The van der Waals surface area contributed by atoms with E-state index < -0.39 is 5.41 Å². The van der Waals surface area contributed by atoms with Crippen LogP contribution in [-0.2, 0) is 16.0 Å². The van der Waals surface area contributed by atoms with Crippen molar-refractivity contribution in [1.82, 2.24) is 10.6 Å². The van der Waals surface area contributed by atoms with Gasteiger partial charge in [0.15, 0.2) is 11.5 Å². The molecule has 3 rings (SSSR count). The normalized spacial score (nSPS) is 17.9. The molecule has 2 N–H and O–H groups in total. The lowest BCUT2D eigenvalue weighted by Crippen LogP contribution is -2.50. The predicted octanol–water partition coefficient (Wildman–Crippen LogP) is 2.21. The van der Waals surface area contributed by atoms with Gasteiger partial charge in [0, 0.05) is 13.7 Å². The van der Waals surface area contributed by atoms with E-state index in [0.29, 0.717) is 49.3 Å². The summed E-state index contributed by atoms with van der Waals surface area (Å²) in [5, 5.41) is 6.91. The van der Waals surface area contributed by atoms with Gasteiger partial charge in [-0.3, -0.25) is 4.79 Å². The van der Waals surface area contributed by atoms with Crippen molar-refractivity contribution in [2.75, 3.05) is 46.6 Å². The molecule has 0 saturated carbocycles. The molecule has 0 spiro atoms. The van der Waals surface area contributed by atoms with Crippen LogP contribution in [0.1, 0.15) is 18.4 Å². The molecular formula is C18H26Cl2N2O4. The molecule has 2 aliphatic rings. The molecule has 2 heterocycles. The number of rotatable bonds is 6. The third-order valence-corrected chi connectivity index (χ3v) is 5.10. The minimum atomic E-state index is -0.426. The number of hydrogen-bond donors (Lipinski definition) is 2. The number of carbonyl (C=O) groups excluding carboxylic acids is 1. The highest BCUT2D eigenvalue weighted by Gasteiger charge is 2.39. The van der Waals surface area contributed by atoms with Gasteiger partial charge in [0.25, 0.3) is 0 Å². The van der Waals surface area contributed by atoms with Gasteiger partial charge in [-0.15, -0.1) is 12.4 Å². The fourth-order valence-corrected chi connectivity index (χ4v) is 3.72. The van der Waals surface area contributed by atoms with E-state index >= 15 is 0 Å². The summed E-state index contributed by atoms with van der Waals surface area (Å²) in [7, 11) is 1.65. The van der Waals surface area contributed by atoms with Crippen LogP contribution in [0.25, 0.3) is 0 Å². The SMILES string of the molecule is COCC1(C(=O)NCCc2cc(Cl)c3c(c2)OCCO3)CCNCC1.Cl. The van der Waals surface area contributed by atoms with E-state index in [1.165, 1.54) is 0 Å². The minimum absolute atomic E-state index is 0. The van der Waals surface area contributed by atoms with Crippen molar-refractivity contribution in [3.63, 3.8) is 0 Å². The number of carbonyl (C=O) groups is 1. The molecule has 1 aromatic rings. The van der Waals surface area contributed by atoms with Crippen molar-refractivity contribution >= 4 is 29.9 Å². The lowest BCUT2D eigenvalue weighted by atomic mass is 9.78. The summed E-state index contributed by atoms with van der Waals surface area (Å²) in [5.74, 6) is 1.35. The molecule has 2 aliphatic heterocycles. The third-order valence-electron chi connectivity index (χ3n) is 4.82. The molecule has 0 bridgehead atoms. The molecule has 0 atom stereocenters. The topological polar surface area (TPSA) is 68.8 Å². The molecule has 0 aliphatic carbocycles. The molecule has 26 heavy (non-hydrogen) atoms. The predicted molar refractivity (Wildman–Crippen MR) is 103 cm³/mol. The van der Waals surface area contributed by atoms with Crippen molar-refractivity contribution in [3.05, 3.63) is 22.7 Å². The van der Waals surface area contributed by atoms with Crippen molar-refractivity contribution in [3.8, 4) is 11.5 Å². The van der Waals surface area contributed by atoms with Gasteiger partial charge in [0.2, 0.25) is 5.91 Å². The van der Waals surface area contributed by atoms with Crippen LogP contribution in [0, 0.1) is 5.41 Å². The summed E-state index contributed by atoms with van der Waals surface area (Å²) in [6, 6.07) is 3.80. The number of fused-ring (bicyclic) bond motifs is 1. The Morgan fingerprint density at radius 3 is 2.77 bits per heavy atom. The van der Waals surface area contributed by atoms with Gasteiger partial charge in [0.05, 0.1) is 17.0 Å². The van der Waals surface area contributed by atoms with Gasteiger partial charge < -0.3 is 24.8 Å². The number of nitrogens with one attached hydrogen (secondary N) is 2. The van der Waals surface area contributed by atoms with Crippen LogP contribution in [0.15, 0.2) is 12.1 Å². The van der Waals surface area contributed by atoms with Crippen molar-refractivity contribution in [2.24, 2.45) is 5.41 Å². The summed E-state index contributed by atoms with van der Waals surface area (Å²) in [5.41, 5.74) is 0.588. The number of benzene rings is 1. The minimum Gasteiger partial charge on any atom is -0.486 e. The van der Waals surface area contributed by atoms with Crippen LogP contribution < -0.4 is 20.1 Å². The Balaban J connectivity index is 0.00000243. The lowest BCUT2D eigenvalue weighted by molar-refractivity contribution is -0.136. The first kappa shape index (κ1) is 21.1. The summed E-state index contributed by atoms with van der Waals surface area (Å²) in [6.07, 6.45) is 2.27. The maximum absolute atomic E-state index is 12.7. The van der Waals surface area contributed by atoms with Crippen molar-refractivity contribution in [1.29, 1.82) is 0 Å². The average Bonchev–Trinajstić information content (AvgIpc) is 2.63. The standard InChI is InChI=1S/C18H25ClN2O4.ClH/c1-23-12-18(3-6-20-7-4-18)17(22)21-5-2-13-10-14(19)16-15(11-13)24-8-9-25-16;/h10-11,20H,2-9,12H2,1H3,(H,21,22);1H. The Morgan fingerprint density at radius 2 is 2.04 bits per heavy atom. The molecule has 1 fully saturated rings. The van der Waals surface area contributed by atoms with Crippen LogP contribution in [-0.4, -0.2) is 52.5 Å². The zero-order valence-corrected chi connectivity index (χ0v) is 16.5. The average molecular weight is 405 g/mol. The van der Waals surface area contributed by atoms with Gasteiger partial charge in [0.1, 0.15) is 13.2 Å². The molecule has 1 aromatic carbocycles. The molecule has 0 aromatic heterocycles. The number of halogens is 2. The van der Waals surface area contributed by atoms with Gasteiger partial charge in [-0.1, -0.05) is 11.6 Å². The maximum atomic E-state index is 12.7. The summed E-state index contributed by atoms with van der Waals surface area (Å²) in [6.45, 7) is 3.73. The Kier molecular flexibility index (Phi) is 7.83. The zero-order chi connectivity index (χ0) is 17.7. The van der Waals surface area contributed by atoms with E-state index in [1.54, 1.807) is 7.11 Å². The quantitative estimate of drug-likeness (QED) is 0.760. The molecular weight excluding hydrogens is 379 g/mol. The van der Waals surface area contributed by atoms with Crippen LogP contribution in [0.5, 0.6) is 11.5 Å². The molecule has 8 heteroatoms. The number of ether oxygens (including phenoxy) is 3. The van der Waals surface area contributed by atoms with Gasteiger partial charge in [-0.25, -0.2) is 0 Å². The van der Waals surface area contributed by atoms with E-state index in [9.17, 15) is 4.79 Å². The number of methoxy groups -OCH3 is 1. The second-order valence-electron chi connectivity index (χ2n) is 6.57. The highest BCUT2D eigenvalue weighted by molar-refractivity contribution is 6.32. The van der Waals surface area contributed by atoms with E-state index in [0.717, 1.165) is 31.5 Å². The van der Waals surface area contributed by atoms with Crippen LogP contribution in [0.4, 0.5) is 0 Å². The van der Waals surface area contributed by atoms with Crippen LogP contribution in [0.2, 0.25) is 5.02 Å². The van der Waals surface area contributed by atoms with Crippen molar-refractivity contribution in [2.45, 2.75) is 19.3 Å². The molecule has 0 radical (unpaired) electrons. The maximum Gasteiger partial charge on any atom is 0.228 e. The number of piperidine rings is 1. The molecule has 6 nitrogen and oxygen atoms in total. The Morgan fingerprint density at radius 1 is 1.31 bits per heavy atom. The third kappa shape index (κ3) is 4.74. The highest BCUT2D eigenvalue weighted by Crippen LogP contribution is 2.38. The number of hydrogen-bond acceptors (Lipinski definition) is 5. The van der Waals surface area contributed by atoms with Crippen molar-refractivity contribution < 1.29 is 19.0 Å². The van der Waals surface area contributed by atoms with Gasteiger partial charge in [-0.05, 0) is 50.0 Å². The van der Waals surface area contributed by atoms with Gasteiger partial charge >= 0.3 is 0 Å². The fraction of sp³-hybridized carbons (Fsp3) is 0.611. The van der Waals surface area contributed by atoms with Gasteiger partial charge in [-0.2, -0.15) is 0 Å².